The van der Waals surface area contributed by atoms with Crippen molar-refractivity contribution in [1.29, 1.82) is 0 Å². The van der Waals surface area contributed by atoms with Crippen molar-refractivity contribution in [2.45, 2.75) is 19.3 Å². The molecule has 0 amide bonds. The predicted octanol–water partition coefficient (Wildman–Crippen LogP) is 4.54. The summed E-state index contributed by atoms with van der Waals surface area (Å²) in [5.74, 6) is -0.438. The van der Waals surface area contributed by atoms with Gasteiger partial charge in [-0.2, -0.15) is 0 Å². The average Bonchev–Trinajstić information content (AvgIpc) is 2.91. The third kappa shape index (κ3) is 3.94. The van der Waals surface area contributed by atoms with Gasteiger partial charge in [-0.1, -0.05) is 36.4 Å². The maximum Gasteiger partial charge on any atom is 0.339 e. The van der Waals surface area contributed by atoms with E-state index >= 15 is 0 Å². The molecular formula is C24H25N3O2. The first-order valence-electron chi connectivity index (χ1n) is 9.98. The standard InChI is InChI=1S/C24H25N3O2/c1-26(23-20(24(28)29)10-6-15-25-23)16-7-17-27-21-11-4-2-8-18(21)13-14-19-9-3-5-12-22(19)27/h2-6,8-12,15H,7,13-14,16-17H2,1H3,(H,28,29). The molecule has 1 aliphatic rings. The van der Waals surface area contributed by atoms with Gasteiger partial charge in [0.25, 0.3) is 0 Å². The Morgan fingerprint density at radius 2 is 1.62 bits per heavy atom. The van der Waals surface area contributed by atoms with Crippen molar-refractivity contribution in [1.82, 2.24) is 4.98 Å². The number of pyridine rings is 1. The van der Waals surface area contributed by atoms with Gasteiger partial charge in [-0.15, -0.1) is 0 Å². The number of hydrogen-bond donors (Lipinski definition) is 1. The highest BCUT2D eigenvalue weighted by Crippen LogP contribution is 2.35. The van der Waals surface area contributed by atoms with Gasteiger partial charge in [0.05, 0.1) is 0 Å². The number of nitrogens with zero attached hydrogens (tertiary/aromatic N) is 3. The monoisotopic (exact) mass is 387 g/mol. The van der Waals surface area contributed by atoms with E-state index < -0.39 is 5.97 Å². The van der Waals surface area contributed by atoms with Gasteiger partial charge in [0.1, 0.15) is 11.4 Å². The molecule has 5 heteroatoms. The Kier molecular flexibility index (Phi) is 5.47. The fraction of sp³-hybridized carbons (Fsp3) is 0.250. The predicted molar refractivity (Wildman–Crippen MR) is 116 cm³/mol. The third-order valence-electron chi connectivity index (χ3n) is 5.48. The van der Waals surface area contributed by atoms with Crippen molar-refractivity contribution in [3.05, 3.63) is 83.6 Å². The van der Waals surface area contributed by atoms with Gasteiger partial charge >= 0.3 is 5.97 Å². The molecule has 5 nitrogen and oxygen atoms in total. The molecule has 1 aromatic heterocycles. The minimum absolute atomic E-state index is 0.237. The Morgan fingerprint density at radius 3 is 2.24 bits per heavy atom. The average molecular weight is 387 g/mol. The van der Waals surface area contributed by atoms with E-state index in [0.29, 0.717) is 5.82 Å². The topological polar surface area (TPSA) is 56.7 Å². The van der Waals surface area contributed by atoms with E-state index in [1.54, 1.807) is 18.3 Å². The van der Waals surface area contributed by atoms with Gasteiger partial charge in [-0.05, 0) is 54.7 Å². The van der Waals surface area contributed by atoms with Crippen LogP contribution in [0, 0.1) is 0 Å². The van der Waals surface area contributed by atoms with Gasteiger partial charge in [-0.3, -0.25) is 0 Å². The second-order valence-electron chi connectivity index (χ2n) is 7.36. The van der Waals surface area contributed by atoms with E-state index in [9.17, 15) is 9.90 Å². The molecule has 29 heavy (non-hydrogen) atoms. The summed E-state index contributed by atoms with van der Waals surface area (Å²) in [6, 6.07) is 20.5. The molecule has 1 N–H and O–H groups in total. The number of aryl methyl sites for hydroxylation is 2. The maximum atomic E-state index is 11.5. The minimum atomic E-state index is -0.949. The first-order chi connectivity index (χ1) is 14.1. The Labute approximate surface area is 171 Å². The van der Waals surface area contributed by atoms with Crippen molar-refractivity contribution in [2.75, 3.05) is 29.9 Å². The van der Waals surface area contributed by atoms with Gasteiger partial charge in [0.15, 0.2) is 0 Å². The number of anilines is 3. The molecular weight excluding hydrogens is 362 g/mol. The van der Waals surface area contributed by atoms with Crippen LogP contribution in [0.3, 0.4) is 0 Å². The Balaban J connectivity index is 1.54. The van der Waals surface area contributed by atoms with Crippen molar-refractivity contribution in [3.63, 3.8) is 0 Å². The summed E-state index contributed by atoms with van der Waals surface area (Å²) in [7, 11) is 1.90. The molecule has 0 bridgehead atoms. The van der Waals surface area contributed by atoms with Crippen LogP contribution in [0.4, 0.5) is 17.2 Å². The Hall–Kier alpha value is -3.34. The maximum absolute atomic E-state index is 11.5. The van der Waals surface area contributed by atoms with Gasteiger partial charge < -0.3 is 14.9 Å². The number of fused-ring (bicyclic) bond motifs is 2. The molecule has 4 rings (SSSR count). The highest BCUT2D eigenvalue weighted by Gasteiger charge is 2.20. The molecule has 3 aromatic rings. The van der Waals surface area contributed by atoms with E-state index in [2.05, 4.69) is 58.4 Å². The number of rotatable bonds is 6. The summed E-state index contributed by atoms with van der Waals surface area (Å²) in [6.07, 6.45) is 4.60. The van der Waals surface area contributed by atoms with Crippen molar-refractivity contribution in [2.24, 2.45) is 0 Å². The molecule has 0 radical (unpaired) electrons. The first kappa shape index (κ1) is 19.0. The first-order valence-corrected chi connectivity index (χ1v) is 9.98. The Morgan fingerprint density at radius 1 is 1.00 bits per heavy atom. The smallest absolute Gasteiger partial charge is 0.339 e. The van der Waals surface area contributed by atoms with E-state index in [1.165, 1.54) is 22.5 Å². The summed E-state index contributed by atoms with van der Waals surface area (Å²) >= 11 is 0. The van der Waals surface area contributed by atoms with Crippen LogP contribution in [-0.4, -0.2) is 36.2 Å². The zero-order valence-corrected chi connectivity index (χ0v) is 16.6. The lowest BCUT2D eigenvalue weighted by Gasteiger charge is -2.28. The molecule has 0 atom stereocenters. The highest BCUT2D eigenvalue weighted by molar-refractivity contribution is 5.93. The fourth-order valence-electron chi connectivity index (χ4n) is 4.05. The largest absolute Gasteiger partial charge is 0.478 e. The van der Waals surface area contributed by atoms with E-state index in [4.69, 9.17) is 0 Å². The molecule has 0 aliphatic carbocycles. The van der Waals surface area contributed by atoms with Crippen LogP contribution < -0.4 is 9.80 Å². The fourth-order valence-corrected chi connectivity index (χ4v) is 4.05. The molecule has 0 unspecified atom stereocenters. The summed E-state index contributed by atoms with van der Waals surface area (Å²) in [6.45, 7) is 1.58. The summed E-state index contributed by atoms with van der Waals surface area (Å²) < 4.78 is 0. The molecule has 1 aliphatic heterocycles. The lowest BCUT2D eigenvalue weighted by molar-refractivity contribution is 0.0697. The molecule has 2 heterocycles. The number of aromatic nitrogens is 1. The molecule has 2 aromatic carbocycles. The lowest BCUT2D eigenvalue weighted by atomic mass is 10.0. The highest BCUT2D eigenvalue weighted by atomic mass is 16.4. The van der Waals surface area contributed by atoms with Crippen LogP contribution in [0.15, 0.2) is 66.9 Å². The number of para-hydroxylation sites is 2. The van der Waals surface area contributed by atoms with Crippen molar-refractivity contribution in [3.8, 4) is 0 Å². The SMILES string of the molecule is CN(CCCN1c2ccccc2CCc2ccccc21)c1ncccc1C(=O)O. The molecule has 0 saturated carbocycles. The normalized spacial score (nSPS) is 12.7. The lowest BCUT2D eigenvalue weighted by Crippen LogP contribution is -2.27. The molecule has 0 spiro atoms. The van der Waals surface area contributed by atoms with Crippen molar-refractivity contribution < 1.29 is 9.90 Å². The summed E-state index contributed by atoms with van der Waals surface area (Å²) in [4.78, 5) is 20.1. The van der Waals surface area contributed by atoms with Gasteiger partial charge in [0, 0.05) is 37.7 Å². The molecule has 0 saturated heterocycles. The summed E-state index contributed by atoms with van der Waals surface area (Å²) in [5.41, 5.74) is 5.51. The third-order valence-corrected chi connectivity index (χ3v) is 5.48. The second-order valence-corrected chi connectivity index (χ2v) is 7.36. The number of benzene rings is 2. The molecule has 0 fully saturated rings. The van der Waals surface area contributed by atoms with Crippen LogP contribution in [-0.2, 0) is 12.8 Å². The zero-order valence-electron chi connectivity index (χ0n) is 16.6. The minimum Gasteiger partial charge on any atom is -0.478 e. The second kappa shape index (κ2) is 8.35. The Bertz CT molecular complexity index is 971. The van der Waals surface area contributed by atoms with Crippen LogP contribution in [0.25, 0.3) is 0 Å². The number of carboxylic acids is 1. The quantitative estimate of drug-likeness (QED) is 0.673. The van der Waals surface area contributed by atoms with Gasteiger partial charge in [0.2, 0.25) is 0 Å². The molecule has 148 valence electrons. The van der Waals surface area contributed by atoms with Crippen LogP contribution in [0.1, 0.15) is 27.9 Å². The van der Waals surface area contributed by atoms with E-state index in [1.807, 2.05) is 11.9 Å². The number of carboxylic acid groups (broad SMARTS) is 1. The zero-order chi connectivity index (χ0) is 20.2. The van der Waals surface area contributed by atoms with Crippen molar-refractivity contribution >= 4 is 23.2 Å². The van der Waals surface area contributed by atoms with E-state index in [-0.39, 0.29) is 5.56 Å². The number of hydrogen-bond acceptors (Lipinski definition) is 4. The van der Waals surface area contributed by atoms with E-state index in [0.717, 1.165) is 32.4 Å². The van der Waals surface area contributed by atoms with Gasteiger partial charge in [-0.25, -0.2) is 9.78 Å². The van der Waals surface area contributed by atoms with Crippen LogP contribution in [0.2, 0.25) is 0 Å². The number of aromatic carboxylic acids is 1. The van der Waals surface area contributed by atoms with Crippen LogP contribution >= 0.6 is 0 Å². The summed E-state index contributed by atoms with van der Waals surface area (Å²) in [5, 5.41) is 9.42. The van der Waals surface area contributed by atoms with Crippen LogP contribution in [0.5, 0.6) is 0 Å². The number of carbonyl (C=O) groups is 1.